The summed E-state index contributed by atoms with van der Waals surface area (Å²) in [5.41, 5.74) is 0.575. The summed E-state index contributed by atoms with van der Waals surface area (Å²) in [5, 5.41) is 4.86. The molecule has 2 atom stereocenters. The molecule has 0 bridgehead atoms. The Morgan fingerprint density at radius 2 is 2.29 bits per heavy atom. The van der Waals surface area contributed by atoms with Crippen molar-refractivity contribution in [1.29, 1.82) is 0 Å². The summed E-state index contributed by atoms with van der Waals surface area (Å²) < 4.78 is 0. The molecule has 2 rings (SSSR count). The number of nitrogens with one attached hydrogen (secondary N) is 1. The van der Waals surface area contributed by atoms with Crippen molar-refractivity contribution in [2.45, 2.75) is 25.9 Å². The van der Waals surface area contributed by atoms with E-state index in [0.717, 1.165) is 4.88 Å². The molecule has 14 heavy (non-hydrogen) atoms. The second-order valence-corrected chi connectivity index (χ2v) is 4.41. The van der Waals surface area contributed by atoms with Crippen molar-refractivity contribution in [3.63, 3.8) is 0 Å². The van der Waals surface area contributed by atoms with E-state index in [4.69, 9.17) is 0 Å². The van der Waals surface area contributed by atoms with E-state index in [0.29, 0.717) is 5.71 Å². The maximum Gasteiger partial charge on any atom is 0.271 e. The minimum Gasteiger partial charge on any atom is -0.346 e. The number of aliphatic imine (C=N–C) groups is 1. The van der Waals surface area contributed by atoms with Crippen molar-refractivity contribution in [3.8, 4) is 0 Å². The molecule has 0 saturated heterocycles. The van der Waals surface area contributed by atoms with Gasteiger partial charge in [-0.2, -0.15) is 0 Å². The smallest absolute Gasteiger partial charge is 0.271 e. The SMILES string of the molecule is CC1N=C(c2cccs2)C(=O)NC1C. The third-order valence-corrected chi connectivity index (χ3v) is 3.26. The lowest BCUT2D eigenvalue weighted by Gasteiger charge is -2.24. The number of amides is 1. The van der Waals surface area contributed by atoms with Gasteiger partial charge in [0.05, 0.1) is 10.9 Å². The first-order valence-electron chi connectivity index (χ1n) is 4.61. The van der Waals surface area contributed by atoms with Gasteiger partial charge in [0.25, 0.3) is 5.91 Å². The van der Waals surface area contributed by atoms with Crippen LogP contribution in [0.25, 0.3) is 0 Å². The molecule has 1 aromatic rings. The third-order valence-electron chi connectivity index (χ3n) is 2.38. The van der Waals surface area contributed by atoms with Gasteiger partial charge in [-0.15, -0.1) is 11.3 Å². The molecule has 3 nitrogen and oxygen atoms in total. The van der Waals surface area contributed by atoms with Crippen molar-refractivity contribution >= 4 is 23.0 Å². The molecular formula is C10H12N2OS. The summed E-state index contributed by atoms with van der Waals surface area (Å²) in [6.45, 7) is 3.98. The van der Waals surface area contributed by atoms with Gasteiger partial charge in [-0.25, -0.2) is 0 Å². The van der Waals surface area contributed by atoms with E-state index in [1.165, 1.54) is 0 Å². The van der Waals surface area contributed by atoms with Crippen LogP contribution >= 0.6 is 11.3 Å². The molecule has 4 heteroatoms. The van der Waals surface area contributed by atoms with Crippen LogP contribution in [0, 0.1) is 0 Å². The van der Waals surface area contributed by atoms with Crippen LogP contribution in [-0.2, 0) is 4.79 Å². The average Bonchev–Trinajstić information content (AvgIpc) is 2.64. The second kappa shape index (κ2) is 3.53. The third kappa shape index (κ3) is 1.57. The van der Waals surface area contributed by atoms with Crippen LogP contribution < -0.4 is 5.32 Å². The van der Waals surface area contributed by atoms with Gasteiger partial charge >= 0.3 is 0 Å². The van der Waals surface area contributed by atoms with Crippen LogP contribution in [0.2, 0.25) is 0 Å². The Labute approximate surface area is 86.9 Å². The summed E-state index contributed by atoms with van der Waals surface area (Å²) in [6.07, 6.45) is 0. The van der Waals surface area contributed by atoms with Gasteiger partial charge in [-0.3, -0.25) is 9.79 Å². The summed E-state index contributed by atoms with van der Waals surface area (Å²) in [4.78, 5) is 17.0. The molecule has 1 N–H and O–H groups in total. The highest BCUT2D eigenvalue weighted by Crippen LogP contribution is 2.15. The highest BCUT2D eigenvalue weighted by Gasteiger charge is 2.25. The standard InChI is InChI=1S/C10H12N2OS/c1-6-7(2)12-10(13)9(11-6)8-4-3-5-14-8/h3-7H,1-2H3,(H,12,13). The quantitative estimate of drug-likeness (QED) is 0.745. The highest BCUT2D eigenvalue weighted by molar-refractivity contribution is 7.13. The summed E-state index contributed by atoms with van der Waals surface area (Å²) in [7, 11) is 0. The molecule has 1 aromatic heterocycles. The van der Waals surface area contributed by atoms with Crippen molar-refractivity contribution in [2.75, 3.05) is 0 Å². The van der Waals surface area contributed by atoms with Crippen LogP contribution in [-0.4, -0.2) is 23.7 Å². The first-order chi connectivity index (χ1) is 6.68. The van der Waals surface area contributed by atoms with Crippen LogP contribution in [0.15, 0.2) is 22.5 Å². The zero-order chi connectivity index (χ0) is 10.1. The zero-order valence-electron chi connectivity index (χ0n) is 8.15. The molecule has 1 aliphatic heterocycles. The number of hydrogen-bond donors (Lipinski definition) is 1. The van der Waals surface area contributed by atoms with Crippen LogP contribution in [0.5, 0.6) is 0 Å². The maximum atomic E-state index is 11.6. The Bertz CT molecular complexity index is 369. The van der Waals surface area contributed by atoms with Crippen LogP contribution in [0.3, 0.4) is 0 Å². The first kappa shape index (κ1) is 9.40. The fourth-order valence-electron chi connectivity index (χ4n) is 1.36. The largest absolute Gasteiger partial charge is 0.346 e. The first-order valence-corrected chi connectivity index (χ1v) is 5.49. The van der Waals surface area contributed by atoms with E-state index in [1.807, 2.05) is 31.4 Å². The van der Waals surface area contributed by atoms with E-state index in [1.54, 1.807) is 11.3 Å². The number of rotatable bonds is 1. The van der Waals surface area contributed by atoms with E-state index < -0.39 is 0 Å². The number of hydrogen-bond acceptors (Lipinski definition) is 3. The zero-order valence-corrected chi connectivity index (χ0v) is 8.97. The Morgan fingerprint density at radius 1 is 1.50 bits per heavy atom. The molecular weight excluding hydrogens is 196 g/mol. The Hall–Kier alpha value is -1.16. The van der Waals surface area contributed by atoms with Gasteiger partial charge in [0, 0.05) is 6.04 Å². The predicted octanol–water partition coefficient (Wildman–Crippen LogP) is 1.44. The lowest BCUT2D eigenvalue weighted by molar-refractivity contribution is -0.115. The molecule has 2 heterocycles. The number of thiophene rings is 1. The lowest BCUT2D eigenvalue weighted by Crippen LogP contribution is -2.47. The minimum atomic E-state index is -0.0574. The molecule has 0 radical (unpaired) electrons. The molecule has 74 valence electrons. The van der Waals surface area contributed by atoms with Gasteiger partial charge in [0.2, 0.25) is 0 Å². The normalized spacial score (nSPS) is 27.0. The van der Waals surface area contributed by atoms with E-state index in [-0.39, 0.29) is 18.0 Å². The Kier molecular flexibility index (Phi) is 2.37. The molecule has 1 amide bonds. The topological polar surface area (TPSA) is 41.5 Å². The fourth-order valence-corrected chi connectivity index (χ4v) is 2.08. The highest BCUT2D eigenvalue weighted by atomic mass is 32.1. The van der Waals surface area contributed by atoms with E-state index in [9.17, 15) is 4.79 Å². The monoisotopic (exact) mass is 208 g/mol. The number of carbonyl (C=O) groups is 1. The van der Waals surface area contributed by atoms with Crippen LogP contribution in [0.4, 0.5) is 0 Å². The Morgan fingerprint density at radius 3 is 2.93 bits per heavy atom. The molecule has 0 aromatic carbocycles. The second-order valence-electron chi connectivity index (χ2n) is 3.46. The van der Waals surface area contributed by atoms with E-state index >= 15 is 0 Å². The van der Waals surface area contributed by atoms with Crippen molar-refractivity contribution in [1.82, 2.24) is 5.32 Å². The summed E-state index contributed by atoms with van der Waals surface area (Å²) in [6, 6.07) is 4.14. The minimum absolute atomic E-state index is 0.0574. The van der Waals surface area contributed by atoms with Crippen molar-refractivity contribution < 1.29 is 4.79 Å². The number of carbonyl (C=O) groups excluding carboxylic acids is 1. The maximum absolute atomic E-state index is 11.6. The fraction of sp³-hybridized carbons (Fsp3) is 0.400. The summed E-state index contributed by atoms with van der Waals surface area (Å²) in [5.74, 6) is -0.0574. The molecule has 2 unspecified atom stereocenters. The average molecular weight is 208 g/mol. The molecule has 1 aliphatic rings. The molecule has 0 saturated carbocycles. The van der Waals surface area contributed by atoms with Gasteiger partial charge in [-0.05, 0) is 25.3 Å². The number of nitrogens with zero attached hydrogens (tertiary/aromatic N) is 1. The van der Waals surface area contributed by atoms with Gasteiger partial charge in [0.15, 0.2) is 0 Å². The van der Waals surface area contributed by atoms with Gasteiger partial charge in [0.1, 0.15) is 5.71 Å². The van der Waals surface area contributed by atoms with Crippen LogP contribution in [0.1, 0.15) is 18.7 Å². The molecule has 0 fully saturated rings. The van der Waals surface area contributed by atoms with Crippen molar-refractivity contribution in [3.05, 3.63) is 22.4 Å². The van der Waals surface area contributed by atoms with Crippen molar-refractivity contribution in [2.24, 2.45) is 4.99 Å². The lowest BCUT2D eigenvalue weighted by atomic mass is 10.1. The molecule has 0 aliphatic carbocycles. The van der Waals surface area contributed by atoms with Gasteiger partial charge < -0.3 is 5.32 Å². The van der Waals surface area contributed by atoms with E-state index in [2.05, 4.69) is 10.3 Å². The predicted molar refractivity (Wildman–Crippen MR) is 57.9 cm³/mol. The molecule has 0 spiro atoms. The summed E-state index contributed by atoms with van der Waals surface area (Å²) >= 11 is 1.54. The Balaban J connectivity index is 2.35. The van der Waals surface area contributed by atoms with Gasteiger partial charge in [-0.1, -0.05) is 6.07 Å².